The van der Waals surface area contributed by atoms with Crippen molar-refractivity contribution in [1.29, 1.82) is 0 Å². The lowest BCUT2D eigenvalue weighted by molar-refractivity contribution is -0.136. The van der Waals surface area contributed by atoms with Crippen LogP contribution in [0.2, 0.25) is 0 Å². The minimum absolute atomic E-state index is 0.0718. The van der Waals surface area contributed by atoms with Crippen molar-refractivity contribution in [2.75, 3.05) is 17.2 Å². The summed E-state index contributed by atoms with van der Waals surface area (Å²) < 4.78 is 45.8. The molecule has 1 aliphatic heterocycles. The van der Waals surface area contributed by atoms with Crippen molar-refractivity contribution >= 4 is 34.8 Å². The first-order chi connectivity index (χ1) is 15.6. The number of hydrogen-bond donors (Lipinski definition) is 2. The van der Waals surface area contributed by atoms with E-state index in [2.05, 4.69) is 17.2 Å². The first kappa shape index (κ1) is 21.9. The molecule has 0 fully saturated rings. The number of alkyl halides is 3. The molecular weight excluding hydrogens is 439 g/mol. The van der Waals surface area contributed by atoms with Gasteiger partial charge in [0.05, 0.1) is 17.5 Å². The van der Waals surface area contributed by atoms with Crippen molar-refractivity contribution in [1.82, 2.24) is 4.90 Å². The molecule has 0 unspecified atom stereocenters. The van der Waals surface area contributed by atoms with Gasteiger partial charge < -0.3 is 15.1 Å². The van der Waals surface area contributed by atoms with Gasteiger partial charge >= 0.3 is 6.18 Å². The molecule has 10 heteroatoms. The second kappa shape index (κ2) is 8.30. The zero-order chi connectivity index (χ0) is 23.8. The Morgan fingerprint density at radius 3 is 2.36 bits per heavy atom. The molecule has 2 N–H and O–H groups in total. The van der Waals surface area contributed by atoms with Gasteiger partial charge in [-0.05, 0) is 36.4 Å². The Kier molecular flexibility index (Phi) is 5.50. The fourth-order valence-corrected chi connectivity index (χ4v) is 3.40. The Hall–Kier alpha value is -4.34. The molecule has 3 aromatic rings. The summed E-state index contributed by atoms with van der Waals surface area (Å²) in [4.78, 5) is 38.2. The van der Waals surface area contributed by atoms with Crippen LogP contribution in [0.25, 0.3) is 5.70 Å². The van der Waals surface area contributed by atoms with Crippen LogP contribution in [-0.2, 0) is 11.0 Å². The minimum Gasteiger partial charge on any atom is -0.459 e. The topological polar surface area (TPSA) is 91.7 Å². The van der Waals surface area contributed by atoms with E-state index in [9.17, 15) is 27.6 Å². The van der Waals surface area contributed by atoms with Gasteiger partial charge in [0, 0.05) is 22.5 Å². The highest BCUT2D eigenvalue weighted by molar-refractivity contribution is 6.11. The summed E-state index contributed by atoms with van der Waals surface area (Å²) >= 11 is 0. The van der Waals surface area contributed by atoms with Crippen LogP contribution in [-0.4, -0.2) is 29.2 Å². The molecule has 33 heavy (non-hydrogen) atoms. The Morgan fingerprint density at radius 1 is 1.00 bits per heavy atom. The molecule has 168 valence electrons. The Morgan fingerprint density at radius 2 is 1.73 bits per heavy atom. The molecule has 0 atom stereocenters. The van der Waals surface area contributed by atoms with E-state index in [-0.39, 0.29) is 17.1 Å². The largest absolute Gasteiger partial charge is 0.459 e. The molecular formula is C23H16F3N3O4. The molecule has 0 radical (unpaired) electrons. The number of amides is 3. The van der Waals surface area contributed by atoms with Crippen LogP contribution in [0.3, 0.4) is 0 Å². The highest BCUT2D eigenvalue weighted by Crippen LogP contribution is 2.37. The van der Waals surface area contributed by atoms with E-state index in [1.165, 1.54) is 24.5 Å². The van der Waals surface area contributed by atoms with Gasteiger partial charge in [-0.1, -0.05) is 24.8 Å². The third-order valence-corrected chi connectivity index (χ3v) is 4.94. The van der Waals surface area contributed by atoms with Crippen LogP contribution < -0.4 is 10.6 Å². The third kappa shape index (κ3) is 4.36. The van der Waals surface area contributed by atoms with Crippen molar-refractivity contribution in [3.8, 4) is 0 Å². The molecule has 1 aliphatic rings. The van der Waals surface area contributed by atoms with Crippen molar-refractivity contribution in [3.63, 3.8) is 0 Å². The third-order valence-electron chi connectivity index (χ3n) is 4.94. The molecule has 2 heterocycles. The van der Waals surface area contributed by atoms with Crippen LogP contribution >= 0.6 is 0 Å². The van der Waals surface area contributed by atoms with E-state index in [4.69, 9.17) is 4.42 Å². The van der Waals surface area contributed by atoms with Gasteiger partial charge in [-0.2, -0.15) is 13.2 Å². The highest BCUT2D eigenvalue weighted by Gasteiger charge is 2.36. The molecule has 0 spiro atoms. The quantitative estimate of drug-likeness (QED) is 0.588. The SMILES string of the molecule is C=C1c2ccccc2C(=O)N1CC(=O)Nc1ccc(NC(=O)c2ccco2)cc1C(F)(F)F. The van der Waals surface area contributed by atoms with Crippen LogP contribution in [0, 0.1) is 0 Å². The first-order valence-corrected chi connectivity index (χ1v) is 9.61. The molecule has 1 aromatic heterocycles. The number of carbonyl (C=O) groups excluding carboxylic acids is 3. The van der Waals surface area contributed by atoms with E-state index in [1.807, 2.05) is 0 Å². The molecule has 3 amide bonds. The fraction of sp³-hybridized carbons (Fsp3) is 0.0870. The predicted molar refractivity (Wildman–Crippen MR) is 113 cm³/mol. The van der Waals surface area contributed by atoms with Crippen molar-refractivity contribution in [2.24, 2.45) is 0 Å². The lowest BCUT2D eigenvalue weighted by Gasteiger charge is -2.19. The molecule has 7 nitrogen and oxygen atoms in total. The average Bonchev–Trinajstić information content (AvgIpc) is 3.39. The normalized spacial score (nSPS) is 13.1. The second-order valence-electron chi connectivity index (χ2n) is 7.12. The summed E-state index contributed by atoms with van der Waals surface area (Å²) in [5.41, 5.74) is -0.606. The first-order valence-electron chi connectivity index (χ1n) is 9.61. The molecule has 0 aliphatic carbocycles. The predicted octanol–water partition coefficient (Wildman–Crippen LogP) is 4.62. The van der Waals surface area contributed by atoms with Crippen LogP contribution in [0.5, 0.6) is 0 Å². The van der Waals surface area contributed by atoms with Gasteiger partial charge in [0.25, 0.3) is 11.8 Å². The number of nitrogens with one attached hydrogen (secondary N) is 2. The van der Waals surface area contributed by atoms with Crippen molar-refractivity contribution in [3.05, 3.63) is 89.9 Å². The minimum atomic E-state index is -4.82. The summed E-state index contributed by atoms with van der Waals surface area (Å²) in [6.07, 6.45) is -3.57. The number of rotatable bonds is 5. The number of fused-ring (bicyclic) bond motifs is 1. The van der Waals surface area contributed by atoms with Gasteiger partial charge in [-0.25, -0.2) is 0 Å². The number of hydrogen-bond acceptors (Lipinski definition) is 4. The molecule has 2 aromatic carbocycles. The summed E-state index contributed by atoms with van der Waals surface area (Å²) in [6, 6.07) is 12.4. The number of anilines is 2. The lowest BCUT2D eigenvalue weighted by Crippen LogP contribution is -2.33. The summed E-state index contributed by atoms with van der Waals surface area (Å²) in [5, 5.41) is 4.50. The van der Waals surface area contributed by atoms with Gasteiger partial charge in [-0.15, -0.1) is 0 Å². The van der Waals surface area contributed by atoms with Crippen LogP contribution in [0.1, 0.15) is 32.0 Å². The molecule has 0 saturated carbocycles. The maximum atomic E-state index is 13.6. The summed E-state index contributed by atoms with van der Waals surface area (Å²) in [5.74, 6) is -2.10. The number of furan rings is 1. The van der Waals surface area contributed by atoms with E-state index >= 15 is 0 Å². The number of nitrogens with zero attached hydrogens (tertiary/aromatic N) is 1. The van der Waals surface area contributed by atoms with Gasteiger partial charge in [-0.3, -0.25) is 19.3 Å². The van der Waals surface area contributed by atoms with Crippen LogP contribution in [0.15, 0.2) is 71.9 Å². The Labute approximate surface area is 185 Å². The summed E-state index contributed by atoms with van der Waals surface area (Å²) in [7, 11) is 0. The zero-order valence-corrected chi connectivity index (χ0v) is 16.9. The van der Waals surface area contributed by atoms with Crippen molar-refractivity contribution < 1.29 is 32.0 Å². The van der Waals surface area contributed by atoms with E-state index in [1.54, 1.807) is 24.3 Å². The molecule has 0 saturated heterocycles. The van der Waals surface area contributed by atoms with Gasteiger partial charge in [0.15, 0.2) is 5.76 Å². The maximum absolute atomic E-state index is 13.6. The van der Waals surface area contributed by atoms with Crippen LogP contribution in [0.4, 0.5) is 24.5 Å². The number of carbonyl (C=O) groups is 3. The second-order valence-corrected chi connectivity index (χ2v) is 7.12. The molecule has 4 rings (SSSR count). The van der Waals surface area contributed by atoms with Gasteiger partial charge in [0.2, 0.25) is 5.91 Å². The average molecular weight is 455 g/mol. The Balaban J connectivity index is 1.51. The Bertz CT molecular complexity index is 1230. The van der Waals surface area contributed by atoms with E-state index < -0.39 is 41.7 Å². The number of benzene rings is 2. The van der Waals surface area contributed by atoms with Gasteiger partial charge in [0.1, 0.15) is 6.54 Å². The van der Waals surface area contributed by atoms with E-state index in [0.29, 0.717) is 17.2 Å². The summed E-state index contributed by atoms with van der Waals surface area (Å²) in [6.45, 7) is 3.29. The smallest absolute Gasteiger partial charge is 0.418 e. The fourth-order valence-electron chi connectivity index (χ4n) is 3.40. The monoisotopic (exact) mass is 455 g/mol. The maximum Gasteiger partial charge on any atom is 0.418 e. The van der Waals surface area contributed by atoms with Crippen molar-refractivity contribution in [2.45, 2.75) is 6.18 Å². The molecule has 0 bridgehead atoms. The zero-order valence-electron chi connectivity index (χ0n) is 16.9. The lowest BCUT2D eigenvalue weighted by atomic mass is 10.1. The van der Waals surface area contributed by atoms with E-state index in [0.717, 1.165) is 11.0 Å². The number of halogens is 3. The standard InChI is InChI=1S/C23H16F3N3O4/c1-13-15-5-2-3-6-16(15)22(32)29(13)12-20(30)28-18-9-8-14(11-17(18)23(24,25)26)27-21(31)19-7-4-10-33-19/h2-11H,1,12H2,(H,27,31)(H,28,30). The highest BCUT2D eigenvalue weighted by atomic mass is 19.4.